The molecule has 44 heavy (non-hydrogen) atoms. The van der Waals surface area contributed by atoms with E-state index in [4.69, 9.17) is 14.2 Å². The van der Waals surface area contributed by atoms with Crippen LogP contribution in [0, 0.1) is 25.6 Å². The number of hydrogen-bond acceptors (Lipinski definition) is 8. The summed E-state index contributed by atoms with van der Waals surface area (Å²) >= 11 is 0. The van der Waals surface area contributed by atoms with E-state index in [1.807, 2.05) is 38.1 Å². The number of methoxy groups -OCH3 is 1. The molecule has 1 unspecified atom stereocenters. The Bertz CT molecular complexity index is 1610. The van der Waals surface area contributed by atoms with Gasteiger partial charge in [-0.25, -0.2) is 4.39 Å². The van der Waals surface area contributed by atoms with Crippen molar-refractivity contribution in [3.05, 3.63) is 81.6 Å². The maximum Gasteiger partial charge on any atom is 0.269 e. The maximum atomic E-state index is 15.1. The van der Waals surface area contributed by atoms with E-state index >= 15 is 4.39 Å². The fourth-order valence-corrected chi connectivity index (χ4v) is 5.47. The third kappa shape index (κ3) is 7.86. The third-order valence-corrected chi connectivity index (χ3v) is 8.05. The lowest BCUT2D eigenvalue weighted by Crippen LogP contribution is -2.40. The van der Waals surface area contributed by atoms with Gasteiger partial charge in [0.2, 0.25) is 6.23 Å². The molecule has 1 fully saturated rings. The predicted molar refractivity (Wildman–Crippen MR) is 167 cm³/mol. The Morgan fingerprint density at radius 1 is 1.09 bits per heavy atom. The van der Waals surface area contributed by atoms with Gasteiger partial charge >= 0.3 is 0 Å². The Kier molecular flexibility index (Phi) is 10.3. The van der Waals surface area contributed by atoms with Crippen molar-refractivity contribution in [1.82, 2.24) is 10.6 Å². The molecule has 1 atom stereocenters. The summed E-state index contributed by atoms with van der Waals surface area (Å²) in [6.07, 6.45) is 1.74. The number of rotatable bonds is 12. The van der Waals surface area contributed by atoms with Crippen molar-refractivity contribution < 1.29 is 28.5 Å². The Balaban J connectivity index is 1.22. The Labute approximate surface area is 257 Å². The quantitative estimate of drug-likeness (QED) is 0.235. The van der Waals surface area contributed by atoms with Crippen LogP contribution in [0.1, 0.15) is 36.0 Å². The molecule has 0 aliphatic carbocycles. The van der Waals surface area contributed by atoms with Crippen molar-refractivity contribution in [1.29, 1.82) is 0 Å². The molecule has 5 rings (SSSR count). The fraction of sp³-hybridized carbons (Fsp3) is 0.412. The number of nitrogens with one attached hydrogen (secondary N) is 3. The molecule has 234 valence electrons. The molecule has 1 amide bonds. The lowest BCUT2D eigenvalue weighted by molar-refractivity contribution is -0.127. The number of piperidine rings is 1. The molecule has 0 radical (unpaired) electrons. The SMILES string of the molecule is COc1cc2c(cc1OCC1CCNCC1)=NCCC=2Oc1ccc(NC(O)C(=O)NCCc2cc(C)ccc2C)cc1F. The standard InChI is InChI=1S/C34H41FN4O5/c1-21-4-5-22(2)24(16-21)10-14-38-33(40)34(41)39-25-6-7-30(27(35)17-25)44-29-11-15-37-28-19-32(31(42-3)18-26(28)29)43-20-23-8-12-36-13-9-23/h4-7,16-19,23,34,36,39,41H,8-15,20H2,1-3H3,(H,38,40). The van der Waals surface area contributed by atoms with E-state index in [1.165, 1.54) is 12.1 Å². The lowest BCUT2D eigenvalue weighted by atomic mass is 9.99. The molecule has 9 nitrogen and oxygen atoms in total. The zero-order valence-electron chi connectivity index (χ0n) is 25.5. The average molecular weight is 605 g/mol. The number of amides is 1. The fourth-order valence-electron chi connectivity index (χ4n) is 5.47. The minimum absolute atomic E-state index is 0.0241. The number of ether oxygens (including phenoxy) is 3. The summed E-state index contributed by atoms with van der Waals surface area (Å²) in [6, 6.07) is 14.1. The number of aliphatic hydroxyl groups is 1. The van der Waals surface area contributed by atoms with Crippen LogP contribution in [0.15, 0.2) is 53.5 Å². The Morgan fingerprint density at radius 3 is 2.68 bits per heavy atom. The van der Waals surface area contributed by atoms with Crippen LogP contribution in [-0.2, 0) is 11.2 Å². The van der Waals surface area contributed by atoms with E-state index in [2.05, 4.69) is 27.0 Å². The normalized spacial score (nSPS) is 15.5. The number of anilines is 1. The second-order valence-electron chi connectivity index (χ2n) is 11.3. The lowest BCUT2D eigenvalue weighted by Gasteiger charge is -2.23. The van der Waals surface area contributed by atoms with Crippen molar-refractivity contribution in [3.63, 3.8) is 0 Å². The van der Waals surface area contributed by atoms with E-state index in [-0.39, 0.29) is 11.4 Å². The number of aliphatic hydroxyl groups excluding tert-OH is 1. The summed E-state index contributed by atoms with van der Waals surface area (Å²) in [5, 5.41) is 20.5. The summed E-state index contributed by atoms with van der Waals surface area (Å²) in [4.78, 5) is 17.1. The molecule has 3 aromatic rings. The zero-order chi connectivity index (χ0) is 31.1. The first-order valence-electron chi connectivity index (χ1n) is 15.2. The molecule has 0 saturated carbocycles. The number of carbonyl (C=O) groups excluding carboxylic acids is 1. The van der Waals surface area contributed by atoms with E-state index in [1.54, 1.807) is 13.2 Å². The van der Waals surface area contributed by atoms with Crippen molar-refractivity contribution in [3.8, 4) is 17.2 Å². The van der Waals surface area contributed by atoms with Crippen LogP contribution in [-0.4, -0.2) is 57.1 Å². The first kappa shape index (κ1) is 31.3. The molecule has 2 aliphatic rings. The molecule has 2 aliphatic heterocycles. The first-order chi connectivity index (χ1) is 21.3. The molecule has 1 saturated heterocycles. The number of fused-ring (bicyclic) bond motifs is 1. The number of carbonyl (C=O) groups is 1. The molecular formula is C34H41FN4O5. The first-order valence-corrected chi connectivity index (χ1v) is 15.2. The summed E-state index contributed by atoms with van der Waals surface area (Å²) in [7, 11) is 1.59. The van der Waals surface area contributed by atoms with Gasteiger partial charge in [-0.2, -0.15) is 0 Å². The van der Waals surface area contributed by atoms with Crippen LogP contribution in [0.4, 0.5) is 10.1 Å². The van der Waals surface area contributed by atoms with Gasteiger partial charge in [0, 0.05) is 42.5 Å². The largest absolute Gasteiger partial charge is 0.493 e. The maximum absolute atomic E-state index is 15.1. The highest BCUT2D eigenvalue weighted by Gasteiger charge is 2.19. The highest BCUT2D eigenvalue weighted by Crippen LogP contribution is 2.27. The van der Waals surface area contributed by atoms with Crippen LogP contribution >= 0.6 is 0 Å². The summed E-state index contributed by atoms with van der Waals surface area (Å²) < 4.78 is 32.9. The molecule has 0 aromatic heterocycles. The van der Waals surface area contributed by atoms with Gasteiger partial charge in [0.05, 0.1) is 19.1 Å². The number of nitrogens with zero attached hydrogens (tertiary/aromatic N) is 1. The highest BCUT2D eigenvalue weighted by molar-refractivity contribution is 5.82. The smallest absolute Gasteiger partial charge is 0.269 e. The Hall–Kier alpha value is -4.15. The predicted octanol–water partition coefficient (Wildman–Crippen LogP) is 3.13. The molecule has 4 N–H and O–H groups in total. The number of halogens is 1. The number of benzene rings is 3. The molecule has 0 spiro atoms. The topological polar surface area (TPSA) is 113 Å². The second kappa shape index (κ2) is 14.5. The van der Waals surface area contributed by atoms with Gasteiger partial charge in [-0.05, 0) is 81.4 Å². The van der Waals surface area contributed by atoms with Crippen LogP contribution < -0.4 is 40.7 Å². The number of aryl methyl sites for hydroxylation is 2. The molecular weight excluding hydrogens is 563 g/mol. The van der Waals surface area contributed by atoms with Crippen molar-refractivity contribution >= 4 is 17.4 Å². The van der Waals surface area contributed by atoms with Crippen molar-refractivity contribution in [2.45, 2.75) is 45.8 Å². The van der Waals surface area contributed by atoms with Crippen LogP contribution in [0.3, 0.4) is 0 Å². The van der Waals surface area contributed by atoms with Gasteiger partial charge < -0.3 is 35.3 Å². The van der Waals surface area contributed by atoms with Crippen LogP contribution in [0.2, 0.25) is 0 Å². The van der Waals surface area contributed by atoms with Gasteiger partial charge in [-0.1, -0.05) is 23.8 Å². The highest BCUT2D eigenvalue weighted by atomic mass is 19.1. The third-order valence-electron chi connectivity index (χ3n) is 8.05. The zero-order valence-corrected chi connectivity index (χ0v) is 25.5. The van der Waals surface area contributed by atoms with Gasteiger partial charge in [0.25, 0.3) is 5.91 Å². The van der Waals surface area contributed by atoms with E-state index in [9.17, 15) is 9.90 Å². The summed E-state index contributed by atoms with van der Waals surface area (Å²) in [6.45, 7) is 7.51. The second-order valence-corrected chi connectivity index (χ2v) is 11.3. The van der Waals surface area contributed by atoms with Gasteiger partial charge in [0.15, 0.2) is 23.1 Å². The van der Waals surface area contributed by atoms with Gasteiger partial charge in [-0.15, -0.1) is 0 Å². The summed E-state index contributed by atoms with van der Waals surface area (Å²) in [5.41, 5.74) is 3.67. The monoisotopic (exact) mass is 604 g/mol. The molecule has 0 bridgehead atoms. The average Bonchev–Trinajstić information content (AvgIpc) is 3.03. The summed E-state index contributed by atoms with van der Waals surface area (Å²) in [5.74, 6) is 1.05. The van der Waals surface area contributed by atoms with Crippen molar-refractivity contribution in [2.75, 3.05) is 45.2 Å². The Morgan fingerprint density at radius 2 is 1.91 bits per heavy atom. The van der Waals surface area contributed by atoms with Gasteiger partial charge in [0.1, 0.15) is 5.76 Å². The minimum Gasteiger partial charge on any atom is -0.493 e. The molecule has 2 heterocycles. The molecule has 3 aromatic carbocycles. The van der Waals surface area contributed by atoms with Gasteiger partial charge in [-0.3, -0.25) is 9.79 Å². The minimum atomic E-state index is -1.54. The van der Waals surface area contributed by atoms with Crippen LogP contribution in [0.5, 0.6) is 17.2 Å². The van der Waals surface area contributed by atoms with Crippen LogP contribution in [0.25, 0.3) is 5.76 Å². The molecule has 10 heteroatoms. The van der Waals surface area contributed by atoms with E-state index in [0.717, 1.165) is 47.8 Å². The van der Waals surface area contributed by atoms with E-state index in [0.29, 0.717) is 61.1 Å². The van der Waals surface area contributed by atoms with Crippen molar-refractivity contribution in [2.24, 2.45) is 10.9 Å². The van der Waals surface area contributed by atoms with E-state index < -0.39 is 18.0 Å². The number of hydrogen-bond donors (Lipinski definition) is 4.